The van der Waals surface area contributed by atoms with Gasteiger partial charge in [-0.1, -0.05) is 24.3 Å². The summed E-state index contributed by atoms with van der Waals surface area (Å²) in [5.74, 6) is 0.513. The van der Waals surface area contributed by atoms with Crippen LogP contribution in [0.4, 0.5) is 0 Å². The van der Waals surface area contributed by atoms with Crippen molar-refractivity contribution in [3.8, 4) is 0 Å². The second kappa shape index (κ2) is 6.07. The maximum atomic E-state index is 12.5. The third-order valence-electron chi connectivity index (χ3n) is 4.77. The minimum atomic E-state index is 0.0362. The highest BCUT2D eigenvalue weighted by Gasteiger charge is 2.28. The summed E-state index contributed by atoms with van der Waals surface area (Å²) >= 11 is 0. The van der Waals surface area contributed by atoms with Gasteiger partial charge in [-0.25, -0.2) is 0 Å². The molecule has 3 heterocycles. The highest BCUT2D eigenvalue weighted by Crippen LogP contribution is 2.25. The number of fused-ring (bicyclic) bond motifs is 1. The fourth-order valence-corrected chi connectivity index (χ4v) is 3.53. The third kappa shape index (κ3) is 2.77. The maximum absolute atomic E-state index is 12.5. The lowest BCUT2D eigenvalue weighted by atomic mass is 9.96. The lowest BCUT2D eigenvalue weighted by Crippen LogP contribution is -2.29. The number of nitrogens with zero attached hydrogens (tertiary/aromatic N) is 4. The van der Waals surface area contributed by atoms with Gasteiger partial charge in [-0.05, 0) is 35.8 Å². The van der Waals surface area contributed by atoms with E-state index in [2.05, 4.69) is 28.3 Å². The number of hydrogen-bond acceptors (Lipinski definition) is 3. The molecule has 0 saturated carbocycles. The first kappa shape index (κ1) is 14.9. The van der Waals surface area contributed by atoms with Gasteiger partial charge >= 0.3 is 0 Å². The van der Waals surface area contributed by atoms with Crippen LogP contribution in [0.3, 0.4) is 0 Å². The van der Waals surface area contributed by atoms with Crippen molar-refractivity contribution in [2.75, 3.05) is 13.1 Å². The highest BCUT2D eigenvalue weighted by atomic mass is 16.2. The van der Waals surface area contributed by atoms with Crippen LogP contribution in [0, 0.1) is 5.92 Å². The van der Waals surface area contributed by atoms with Gasteiger partial charge in [0.2, 0.25) is 0 Å². The molecule has 1 amide bonds. The van der Waals surface area contributed by atoms with Crippen LogP contribution in [0.2, 0.25) is 0 Å². The van der Waals surface area contributed by atoms with Crippen molar-refractivity contribution in [2.45, 2.75) is 12.8 Å². The molecule has 122 valence electrons. The number of carbonyl (C=O) groups excluding carboxylic acids is 1. The molecule has 3 aromatic rings. The number of aromatic nitrogens is 3. The Hall–Kier alpha value is -2.69. The van der Waals surface area contributed by atoms with E-state index in [0.717, 1.165) is 25.9 Å². The van der Waals surface area contributed by atoms with Gasteiger partial charge in [-0.3, -0.25) is 14.5 Å². The van der Waals surface area contributed by atoms with Crippen LogP contribution in [0.1, 0.15) is 22.5 Å². The molecule has 5 nitrogen and oxygen atoms in total. The van der Waals surface area contributed by atoms with Crippen LogP contribution in [-0.2, 0) is 13.5 Å². The number of rotatable bonds is 3. The molecule has 5 heteroatoms. The maximum Gasteiger partial charge on any atom is 0.274 e. The fourth-order valence-electron chi connectivity index (χ4n) is 3.53. The number of carbonyl (C=O) groups is 1. The van der Waals surface area contributed by atoms with E-state index in [9.17, 15) is 4.79 Å². The van der Waals surface area contributed by atoms with Crippen LogP contribution < -0.4 is 0 Å². The fraction of sp³-hybridized carbons (Fsp3) is 0.316. The van der Waals surface area contributed by atoms with E-state index in [1.807, 2.05) is 36.6 Å². The summed E-state index contributed by atoms with van der Waals surface area (Å²) < 4.78 is 1.67. The largest absolute Gasteiger partial charge is 0.337 e. The molecule has 24 heavy (non-hydrogen) atoms. The van der Waals surface area contributed by atoms with Gasteiger partial charge in [-0.15, -0.1) is 0 Å². The average Bonchev–Trinajstić information content (AvgIpc) is 3.24. The Kier molecular flexibility index (Phi) is 3.76. The first-order chi connectivity index (χ1) is 11.7. The van der Waals surface area contributed by atoms with E-state index >= 15 is 0 Å². The number of aryl methyl sites for hydroxylation is 1. The van der Waals surface area contributed by atoms with Crippen molar-refractivity contribution in [2.24, 2.45) is 13.0 Å². The lowest BCUT2D eigenvalue weighted by molar-refractivity contribution is 0.0780. The average molecular weight is 320 g/mol. The van der Waals surface area contributed by atoms with Gasteiger partial charge in [0.25, 0.3) is 5.91 Å². The first-order valence-electron chi connectivity index (χ1n) is 8.31. The van der Waals surface area contributed by atoms with Crippen molar-refractivity contribution in [1.29, 1.82) is 0 Å². The zero-order chi connectivity index (χ0) is 16.5. The molecule has 0 radical (unpaired) electrons. The van der Waals surface area contributed by atoms with E-state index in [4.69, 9.17) is 0 Å². The lowest BCUT2D eigenvalue weighted by Gasteiger charge is -2.15. The predicted molar refractivity (Wildman–Crippen MR) is 92.7 cm³/mol. The molecule has 0 spiro atoms. The van der Waals surface area contributed by atoms with Crippen LogP contribution in [0.25, 0.3) is 10.8 Å². The van der Waals surface area contributed by atoms with E-state index in [1.54, 1.807) is 10.7 Å². The summed E-state index contributed by atoms with van der Waals surface area (Å²) in [5.41, 5.74) is 1.80. The molecule has 1 atom stereocenters. The molecule has 1 fully saturated rings. The standard InChI is InChI=1S/C19H20N4O/c1-22-8-7-18(21-22)19(24)23-9-6-14(13-23)10-16-12-20-11-15-4-2-3-5-17(15)16/h2-5,7-8,11-12,14H,6,9-10,13H2,1H3/t14-/m0/s1. The normalized spacial score (nSPS) is 17.5. The molecule has 0 N–H and O–H groups in total. The van der Waals surface area contributed by atoms with E-state index < -0.39 is 0 Å². The molecule has 0 aliphatic carbocycles. The number of amides is 1. The van der Waals surface area contributed by atoms with Crippen molar-refractivity contribution in [1.82, 2.24) is 19.7 Å². The molecule has 1 saturated heterocycles. The topological polar surface area (TPSA) is 51.0 Å². The van der Waals surface area contributed by atoms with Crippen LogP contribution in [0.15, 0.2) is 48.9 Å². The molecule has 1 aliphatic rings. The Labute approximate surface area is 140 Å². The van der Waals surface area contributed by atoms with Crippen LogP contribution in [-0.4, -0.2) is 38.7 Å². The number of hydrogen-bond donors (Lipinski definition) is 0. The smallest absolute Gasteiger partial charge is 0.274 e. The molecule has 1 aromatic carbocycles. The van der Waals surface area contributed by atoms with Crippen molar-refractivity contribution >= 4 is 16.7 Å². The molecular formula is C19H20N4O. The first-order valence-corrected chi connectivity index (χ1v) is 8.31. The second-order valence-corrected chi connectivity index (χ2v) is 6.50. The quantitative estimate of drug-likeness (QED) is 0.745. The summed E-state index contributed by atoms with van der Waals surface area (Å²) in [5, 5.41) is 6.66. The molecule has 4 rings (SSSR count). The highest BCUT2D eigenvalue weighted by molar-refractivity contribution is 5.92. The Morgan fingerprint density at radius 2 is 2.12 bits per heavy atom. The molecule has 1 aliphatic heterocycles. The monoisotopic (exact) mass is 320 g/mol. The van der Waals surface area contributed by atoms with Crippen molar-refractivity contribution in [3.63, 3.8) is 0 Å². The van der Waals surface area contributed by atoms with Gasteiger partial charge in [0.05, 0.1) is 0 Å². The number of benzene rings is 1. The number of pyridine rings is 1. The molecular weight excluding hydrogens is 300 g/mol. The summed E-state index contributed by atoms with van der Waals surface area (Å²) in [4.78, 5) is 18.8. The van der Waals surface area contributed by atoms with Gasteiger partial charge in [0, 0.05) is 44.1 Å². The van der Waals surface area contributed by atoms with Gasteiger partial charge < -0.3 is 4.90 Å². The second-order valence-electron chi connectivity index (χ2n) is 6.50. The molecule has 2 aromatic heterocycles. The van der Waals surface area contributed by atoms with Crippen molar-refractivity contribution in [3.05, 3.63) is 60.2 Å². The Balaban J connectivity index is 1.48. The minimum Gasteiger partial charge on any atom is -0.337 e. The van der Waals surface area contributed by atoms with Gasteiger partial charge in [0.15, 0.2) is 0 Å². The van der Waals surface area contributed by atoms with E-state index in [0.29, 0.717) is 11.6 Å². The summed E-state index contributed by atoms with van der Waals surface area (Å²) in [6.07, 6.45) is 7.67. The Bertz CT molecular complexity index is 880. The van der Waals surface area contributed by atoms with E-state index in [1.165, 1.54) is 16.3 Å². The number of likely N-dealkylation sites (tertiary alicyclic amines) is 1. The predicted octanol–water partition coefficient (Wildman–Crippen LogP) is 2.67. The zero-order valence-corrected chi connectivity index (χ0v) is 13.7. The Morgan fingerprint density at radius 1 is 1.25 bits per heavy atom. The van der Waals surface area contributed by atoms with Crippen molar-refractivity contribution < 1.29 is 4.79 Å². The SMILES string of the molecule is Cn1ccc(C(=O)N2CC[C@@H](Cc3cncc4ccccc34)C2)n1. The minimum absolute atomic E-state index is 0.0362. The van der Waals surface area contributed by atoms with Gasteiger partial charge in [-0.2, -0.15) is 5.10 Å². The van der Waals surface area contributed by atoms with Crippen LogP contribution >= 0.6 is 0 Å². The molecule has 0 unspecified atom stereocenters. The molecule has 0 bridgehead atoms. The third-order valence-corrected chi connectivity index (χ3v) is 4.77. The van der Waals surface area contributed by atoms with Crippen LogP contribution in [0.5, 0.6) is 0 Å². The summed E-state index contributed by atoms with van der Waals surface area (Å²) in [6.45, 7) is 1.59. The Morgan fingerprint density at radius 3 is 2.96 bits per heavy atom. The van der Waals surface area contributed by atoms with Gasteiger partial charge in [0.1, 0.15) is 5.69 Å². The summed E-state index contributed by atoms with van der Waals surface area (Å²) in [6, 6.07) is 10.1. The summed E-state index contributed by atoms with van der Waals surface area (Å²) in [7, 11) is 1.83. The zero-order valence-electron chi connectivity index (χ0n) is 13.7. The van der Waals surface area contributed by atoms with E-state index in [-0.39, 0.29) is 5.91 Å².